The number of allylic oxidation sites excluding steroid dienone is 1. The first-order chi connectivity index (χ1) is 13.8. The maximum Gasteiger partial charge on any atom is 0.203 e. The summed E-state index contributed by atoms with van der Waals surface area (Å²) in [7, 11) is 0. The minimum Gasteiger partial charge on any atom is -0.360 e. The summed E-state index contributed by atoms with van der Waals surface area (Å²) in [5.74, 6) is 0.907. The molecule has 2 N–H and O–H groups in total. The molecule has 0 radical (unpaired) electrons. The average molecular weight is 395 g/mol. The summed E-state index contributed by atoms with van der Waals surface area (Å²) in [5, 5.41) is 4.86. The highest BCUT2D eigenvalue weighted by molar-refractivity contribution is 7.71. The Bertz CT molecular complexity index is 971. The van der Waals surface area contributed by atoms with E-state index >= 15 is 0 Å². The quantitative estimate of drug-likeness (QED) is 0.508. The number of quaternary nitrogens is 1. The smallest absolute Gasteiger partial charge is 0.203 e. The highest BCUT2D eigenvalue weighted by Gasteiger charge is 2.22. The molecule has 1 aliphatic heterocycles. The average Bonchev–Trinajstić information content (AvgIpc) is 3.06. The fraction of sp³-hybridized carbons (Fsp3) is 0.286. The molecule has 7 heteroatoms. The molecule has 1 aliphatic rings. The first-order valence-corrected chi connectivity index (χ1v) is 10.1. The van der Waals surface area contributed by atoms with E-state index in [2.05, 4.69) is 45.3 Å². The number of anilines is 1. The highest BCUT2D eigenvalue weighted by Crippen LogP contribution is 2.18. The van der Waals surface area contributed by atoms with Gasteiger partial charge in [0.2, 0.25) is 4.77 Å². The van der Waals surface area contributed by atoms with Gasteiger partial charge in [0.05, 0.1) is 26.2 Å². The molecule has 0 bridgehead atoms. The van der Waals surface area contributed by atoms with Crippen LogP contribution in [-0.4, -0.2) is 40.5 Å². The number of hydrogen-bond acceptors (Lipinski definition) is 3. The van der Waals surface area contributed by atoms with Crippen molar-refractivity contribution >= 4 is 17.9 Å². The van der Waals surface area contributed by atoms with Crippen LogP contribution in [0.3, 0.4) is 0 Å². The third-order valence-corrected chi connectivity index (χ3v) is 5.61. The number of piperazine rings is 1. The van der Waals surface area contributed by atoms with Crippen LogP contribution in [0.25, 0.3) is 11.4 Å². The number of hydrogen-bond donors (Lipinski definition) is 1. The van der Waals surface area contributed by atoms with Crippen LogP contribution >= 0.6 is 12.2 Å². The van der Waals surface area contributed by atoms with Gasteiger partial charge in [0.25, 0.3) is 0 Å². The molecule has 4 rings (SSSR count). The lowest BCUT2D eigenvalue weighted by Gasteiger charge is -2.33. The van der Waals surface area contributed by atoms with Gasteiger partial charge in [-0.3, -0.25) is 4.57 Å². The third-order valence-electron chi connectivity index (χ3n) is 5.18. The lowest BCUT2D eigenvalue weighted by Crippen LogP contribution is -3.14. The number of nitrogens with zero attached hydrogens (tertiary/aromatic N) is 4. The maximum absolute atomic E-state index is 5.73. The van der Waals surface area contributed by atoms with Crippen LogP contribution in [0, 0.1) is 4.77 Å². The number of rotatable bonds is 6. The van der Waals surface area contributed by atoms with Gasteiger partial charge in [0.15, 0.2) is 24.9 Å². The van der Waals surface area contributed by atoms with Gasteiger partial charge in [0, 0.05) is 29.9 Å². The minimum atomic E-state index is 0.664. The van der Waals surface area contributed by atoms with Gasteiger partial charge in [-0.15, -0.1) is 11.7 Å². The van der Waals surface area contributed by atoms with Gasteiger partial charge in [-0.2, -0.15) is 4.68 Å². The third kappa shape index (κ3) is 3.90. The first kappa shape index (κ1) is 18.6. The molecule has 0 atom stereocenters. The molecule has 2 aromatic heterocycles. The van der Waals surface area contributed by atoms with E-state index in [1.807, 2.05) is 41.4 Å². The van der Waals surface area contributed by atoms with Gasteiger partial charge in [0.1, 0.15) is 0 Å². The van der Waals surface area contributed by atoms with E-state index in [1.165, 1.54) is 10.6 Å². The van der Waals surface area contributed by atoms with Crippen molar-refractivity contribution in [2.45, 2.75) is 13.2 Å². The highest BCUT2D eigenvalue weighted by atomic mass is 32.1. The number of aromatic amines is 1. The molecular formula is C21H26N6S+2. The molecule has 1 saturated heterocycles. The first-order valence-electron chi connectivity index (χ1n) is 9.65. The summed E-state index contributed by atoms with van der Waals surface area (Å²) in [6.07, 6.45) is 5.83. The van der Waals surface area contributed by atoms with Crippen LogP contribution < -0.4 is 14.8 Å². The van der Waals surface area contributed by atoms with Crippen molar-refractivity contribution in [2.24, 2.45) is 0 Å². The number of nitrogens with one attached hydrogen (secondary N) is 2. The second kappa shape index (κ2) is 8.50. The predicted octanol–water partition coefficient (Wildman–Crippen LogP) is 1.44. The van der Waals surface area contributed by atoms with Crippen molar-refractivity contribution in [1.82, 2.24) is 14.3 Å². The zero-order chi connectivity index (χ0) is 19.3. The second-order valence-electron chi connectivity index (χ2n) is 7.02. The molecule has 0 spiro atoms. The Morgan fingerprint density at radius 2 is 1.82 bits per heavy atom. The van der Waals surface area contributed by atoms with Gasteiger partial charge < -0.3 is 9.80 Å². The topological polar surface area (TPSA) is 44.6 Å². The largest absolute Gasteiger partial charge is 0.360 e. The summed E-state index contributed by atoms with van der Waals surface area (Å²) in [4.78, 5) is 7.02. The van der Waals surface area contributed by atoms with Crippen molar-refractivity contribution in [3.63, 3.8) is 0 Å². The maximum atomic E-state index is 5.73. The monoisotopic (exact) mass is 394 g/mol. The Hall–Kier alpha value is -2.77. The van der Waals surface area contributed by atoms with E-state index in [0.717, 1.165) is 49.0 Å². The lowest BCUT2D eigenvalue weighted by atomic mass is 10.2. The van der Waals surface area contributed by atoms with Crippen LogP contribution in [0.15, 0.2) is 67.5 Å². The van der Waals surface area contributed by atoms with E-state index in [4.69, 9.17) is 17.3 Å². The minimum absolute atomic E-state index is 0.664. The van der Waals surface area contributed by atoms with E-state index in [9.17, 15) is 0 Å². The van der Waals surface area contributed by atoms with Crippen molar-refractivity contribution in [2.75, 3.05) is 31.1 Å². The predicted molar refractivity (Wildman–Crippen MR) is 113 cm³/mol. The van der Waals surface area contributed by atoms with E-state index in [0.29, 0.717) is 6.54 Å². The molecule has 1 fully saturated rings. The van der Waals surface area contributed by atoms with Gasteiger partial charge in [-0.25, -0.2) is 4.98 Å². The van der Waals surface area contributed by atoms with Crippen LogP contribution in [0.5, 0.6) is 0 Å². The normalized spacial score (nSPS) is 14.9. The zero-order valence-corrected chi connectivity index (χ0v) is 16.7. The van der Waals surface area contributed by atoms with Crippen molar-refractivity contribution in [3.8, 4) is 11.4 Å². The lowest BCUT2D eigenvalue weighted by molar-refractivity contribution is -0.924. The fourth-order valence-electron chi connectivity index (χ4n) is 3.68. The second-order valence-corrected chi connectivity index (χ2v) is 7.39. The van der Waals surface area contributed by atoms with Crippen LogP contribution in [0.2, 0.25) is 0 Å². The molecule has 0 saturated carbocycles. The fourth-order valence-corrected chi connectivity index (χ4v) is 3.94. The molecular weight excluding hydrogens is 368 g/mol. The molecule has 1 aromatic carbocycles. The molecule has 0 aliphatic carbocycles. The molecule has 6 nitrogen and oxygen atoms in total. The van der Waals surface area contributed by atoms with Crippen LogP contribution in [-0.2, 0) is 13.2 Å². The zero-order valence-electron chi connectivity index (χ0n) is 15.9. The Morgan fingerprint density at radius 3 is 2.50 bits per heavy atom. The SMILES string of the molecule is C=CCn1c(-c2ccccc2)nn(C[NH+]2CCN(c3cc[nH+]cc3)CC2)c1=S. The number of pyridine rings is 1. The molecule has 0 unspecified atom stereocenters. The standard InChI is InChI=1S/C21H24N6S/c1-2-12-26-20(18-6-4-3-5-7-18)23-27(21(26)28)17-24-13-15-25(16-14-24)19-8-10-22-11-9-19/h2-11H,1,12-17H2/p+2. The van der Waals surface area contributed by atoms with E-state index in [1.54, 1.807) is 0 Å². The number of benzene rings is 1. The Kier molecular flexibility index (Phi) is 5.64. The van der Waals surface area contributed by atoms with Gasteiger partial charge >= 0.3 is 0 Å². The number of aromatic nitrogens is 4. The van der Waals surface area contributed by atoms with Gasteiger partial charge in [-0.05, 0) is 12.2 Å². The summed E-state index contributed by atoms with van der Waals surface area (Å²) >= 11 is 5.73. The van der Waals surface area contributed by atoms with Crippen molar-refractivity contribution in [1.29, 1.82) is 0 Å². The van der Waals surface area contributed by atoms with Crippen LogP contribution in [0.1, 0.15) is 0 Å². The summed E-state index contributed by atoms with van der Waals surface area (Å²) < 4.78 is 4.80. The molecule has 0 amide bonds. The van der Waals surface area contributed by atoms with Crippen molar-refractivity contribution in [3.05, 3.63) is 72.3 Å². The summed E-state index contributed by atoms with van der Waals surface area (Å²) in [5.41, 5.74) is 2.35. The van der Waals surface area contributed by atoms with Crippen molar-refractivity contribution < 1.29 is 9.88 Å². The molecule has 144 valence electrons. The van der Waals surface area contributed by atoms with Gasteiger partial charge in [-0.1, -0.05) is 36.4 Å². The van der Waals surface area contributed by atoms with E-state index in [-0.39, 0.29) is 0 Å². The Balaban J connectivity index is 1.50. The molecule has 3 aromatic rings. The molecule has 28 heavy (non-hydrogen) atoms. The van der Waals surface area contributed by atoms with Crippen LogP contribution in [0.4, 0.5) is 5.69 Å². The number of H-pyrrole nitrogens is 1. The summed E-state index contributed by atoms with van der Waals surface area (Å²) in [6, 6.07) is 14.5. The molecule has 3 heterocycles. The Morgan fingerprint density at radius 1 is 1.11 bits per heavy atom. The Labute approximate surface area is 170 Å². The summed E-state index contributed by atoms with van der Waals surface area (Å²) in [6.45, 7) is 9.53. The van der Waals surface area contributed by atoms with E-state index < -0.39 is 0 Å².